The minimum absolute atomic E-state index is 0.0620. The van der Waals surface area contributed by atoms with Gasteiger partial charge in [0.1, 0.15) is 0 Å². The number of rotatable bonds is 6. The zero-order valence-corrected chi connectivity index (χ0v) is 14.8. The van der Waals surface area contributed by atoms with Gasteiger partial charge < -0.3 is 14.2 Å². The van der Waals surface area contributed by atoms with Crippen molar-refractivity contribution < 1.29 is 19.0 Å². The monoisotopic (exact) mass is 310 g/mol. The van der Waals surface area contributed by atoms with Crippen LogP contribution in [-0.2, 0) is 19.0 Å². The van der Waals surface area contributed by atoms with Crippen LogP contribution in [0.4, 0.5) is 0 Å². The van der Waals surface area contributed by atoms with E-state index in [9.17, 15) is 4.79 Å². The van der Waals surface area contributed by atoms with Crippen molar-refractivity contribution in [3.05, 3.63) is 0 Å². The number of carbonyl (C=O) groups excluding carboxylic acids is 1. The number of hydrogen-bond acceptors (Lipinski definition) is 4. The fraction of sp³-hybridized carbons (Fsp3) is 0.944. The van der Waals surface area contributed by atoms with E-state index >= 15 is 0 Å². The third-order valence-corrected chi connectivity index (χ3v) is 6.27. The minimum Gasteiger partial charge on any atom is -0.465 e. The maximum absolute atomic E-state index is 12.7. The third-order valence-electron chi connectivity index (χ3n) is 6.27. The molecule has 3 aliphatic rings. The molecular weight excluding hydrogens is 280 g/mol. The first-order chi connectivity index (χ1) is 10.3. The molecule has 4 nitrogen and oxygen atoms in total. The number of carbonyl (C=O) groups is 1. The van der Waals surface area contributed by atoms with Crippen LogP contribution in [-0.4, -0.2) is 24.2 Å². The zero-order valence-electron chi connectivity index (χ0n) is 14.8. The van der Waals surface area contributed by atoms with Gasteiger partial charge in [0, 0.05) is 11.3 Å². The van der Waals surface area contributed by atoms with Crippen LogP contribution in [0.3, 0.4) is 0 Å². The molecule has 0 aromatic rings. The first-order valence-corrected chi connectivity index (χ1v) is 8.82. The van der Waals surface area contributed by atoms with Crippen molar-refractivity contribution >= 4 is 5.97 Å². The maximum Gasteiger partial charge on any atom is 0.309 e. The molecule has 0 aromatic carbocycles. The molecule has 0 radical (unpaired) electrons. The predicted octanol–water partition coefficient (Wildman–Crippen LogP) is 3.74. The Morgan fingerprint density at radius 2 is 1.91 bits per heavy atom. The lowest BCUT2D eigenvalue weighted by atomic mass is 9.59. The number of esters is 1. The molecule has 2 heterocycles. The fourth-order valence-corrected chi connectivity index (χ4v) is 4.53. The van der Waals surface area contributed by atoms with Gasteiger partial charge in [0.05, 0.1) is 12.5 Å². The summed E-state index contributed by atoms with van der Waals surface area (Å²) in [4.78, 5) is 12.7. The Morgan fingerprint density at radius 1 is 1.27 bits per heavy atom. The molecule has 2 aliphatic heterocycles. The third kappa shape index (κ3) is 1.86. The summed E-state index contributed by atoms with van der Waals surface area (Å²) in [5.41, 5.74) is -0.118. The van der Waals surface area contributed by atoms with E-state index in [2.05, 4.69) is 41.5 Å². The summed E-state index contributed by atoms with van der Waals surface area (Å²) < 4.78 is 17.7. The van der Waals surface area contributed by atoms with Crippen molar-refractivity contribution in [1.82, 2.24) is 0 Å². The van der Waals surface area contributed by atoms with Crippen LogP contribution in [0, 0.1) is 29.1 Å². The number of unbranched alkanes of at least 4 members (excludes halogenated alkanes) is 1. The Morgan fingerprint density at radius 3 is 2.41 bits per heavy atom. The van der Waals surface area contributed by atoms with Gasteiger partial charge in [-0.2, -0.15) is 0 Å². The van der Waals surface area contributed by atoms with Crippen LogP contribution in [0.2, 0.25) is 0 Å². The van der Waals surface area contributed by atoms with Crippen molar-refractivity contribution in [2.24, 2.45) is 29.1 Å². The van der Waals surface area contributed by atoms with Crippen LogP contribution in [0.15, 0.2) is 0 Å². The highest BCUT2D eigenvalue weighted by molar-refractivity contribution is 5.74. The highest BCUT2D eigenvalue weighted by Gasteiger charge is 3.01. The molecule has 0 aromatic heterocycles. The van der Waals surface area contributed by atoms with E-state index in [0.29, 0.717) is 18.4 Å². The molecule has 0 amide bonds. The average molecular weight is 310 g/mol. The molecule has 0 bridgehead atoms. The van der Waals surface area contributed by atoms with Gasteiger partial charge in [-0.15, -0.1) is 0 Å². The van der Waals surface area contributed by atoms with E-state index in [-0.39, 0.29) is 23.2 Å². The quantitative estimate of drug-likeness (QED) is 0.426. The molecular formula is C18H30O4. The Kier molecular flexibility index (Phi) is 3.65. The molecule has 1 aliphatic carbocycles. The van der Waals surface area contributed by atoms with Crippen LogP contribution < -0.4 is 0 Å². The second-order valence-corrected chi connectivity index (χ2v) is 8.16. The van der Waals surface area contributed by atoms with Crippen molar-refractivity contribution in [3.63, 3.8) is 0 Å². The molecule has 22 heavy (non-hydrogen) atoms. The standard InChI is InChI=1S/C18H30O4/c1-7-8-9-20-15(19)13-10-16(6,12(4)5)18-17(21-18,22-18)14(13)11(2)3/h11-14H,7-10H2,1-6H3. The molecule has 4 heteroatoms. The molecule has 0 N–H and O–H groups in total. The average Bonchev–Trinajstić information content (AvgIpc) is 3.25. The minimum atomic E-state index is -0.507. The van der Waals surface area contributed by atoms with Gasteiger partial charge in [-0.1, -0.05) is 48.0 Å². The van der Waals surface area contributed by atoms with E-state index in [4.69, 9.17) is 14.2 Å². The number of hydrogen-bond donors (Lipinski definition) is 0. The molecule has 3 unspecified atom stereocenters. The van der Waals surface area contributed by atoms with E-state index < -0.39 is 11.6 Å². The van der Waals surface area contributed by atoms with Crippen LogP contribution in [0.25, 0.3) is 0 Å². The topological polar surface area (TPSA) is 51.4 Å². The molecule has 2 saturated heterocycles. The van der Waals surface area contributed by atoms with Crippen LogP contribution >= 0.6 is 0 Å². The summed E-state index contributed by atoms with van der Waals surface area (Å²) in [6.45, 7) is 13.5. The van der Waals surface area contributed by atoms with E-state index in [0.717, 1.165) is 19.3 Å². The van der Waals surface area contributed by atoms with Gasteiger partial charge in [-0.3, -0.25) is 4.79 Å². The van der Waals surface area contributed by atoms with E-state index in [1.807, 2.05) is 0 Å². The Balaban J connectivity index is 1.82. The lowest BCUT2D eigenvalue weighted by molar-refractivity contribution is -0.159. The summed E-state index contributed by atoms with van der Waals surface area (Å²) >= 11 is 0. The molecule has 126 valence electrons. The van der Waals surface area contributed by atoms with Gasteiger partial charge in [-0.05, 0) is 24.7 Å². The highest BCUT2D eigenvalue weighted by Crippen LogP contribution is 2.84. The van der Waals surface area contributed by atoms with Crippen molar-refractivity contribution in [2.75, 3.05) is 6.61 Å². The molecule has 0 spiro atoms. The van der Waals surface area contributed by atoms with Gasteiger partial charge in [0.2, 0.25) is 11.6 Å². The Labute approximate surface area is 133 Å². The number of ether oxygens (including phenoxy) is 3. The molecule has 3 fully saturated rings. The lowest BCUT2D eigenvalue weighted by Gasteiger charge is -2.39. The lowest BCUT2D eigenvalue weighted by Crippen LogP contribution is -2.46. The van der Waals surface area contributed by atoms with E-state index in [1.165, 1.54) is 0 Å². The van der Waals surface area contributed by atoms with Crippen molar-refractivity contribution in [1.29, 1.82) is 0 Å². The molecule has 3 rings (SSSR count). The molecule has 3 atom stereocenters. The zero-order chi connectivity index (χ0) is 16.3. The number of epoxide rings is 2. The normalized spacial score (nSPS) is 45.5. The summed E-state index contributed by atoms with van der Waals surface area (Å²) in [6.07, 6.45) is 2.75. The Bertz CT molecular complexity index is 464. The van der Waals surface area contributed by atoms with Crippen LogP contribution in [0.1, 0.15) is 60.8 Å². The highest BCUT2D eigenvalue weighted by atomic mass is 17.0. The van der Waals surface area contributed by atoms with Crippen LogP contribution in [0.5, 0.6) is 0 Å². The van der Waals surface area contributed by atoms with Gasteiger partial charge in [0.25, 0.3) is 0 Å². The second kappa shape index (κ2) is 4.94. The van der Waals surface area contributed by atoms with Gasteiger partial charge in [-0.25, -0.2) is 0 Å². The Hall–Kier alpha value is -0.610. The fourth-order valence-electron chi connectivity index (χ4n) is 4.53. The van der Waals surface area contributed by atoms with E-state index in [1.54, 1.807) is 0 Å². The summed E-state index contributed by atoms with van der Waals surface area (Å²) in [7, 11) is 0. The summed E-state index contributed by atoms with van der Waals surface area (Å²) in [6, 6.07) is 0. The van der Waals surface area contributed by atoms with Crippen molar-refractivity contribution in [2.45, 2.75) is 72.4 Å². The summed E-state index contributed by atoms with van der Waals surface area (Å²) in [5.74, 6) is -0.277. The first kappa shape index (κ1) is 16.3. The van der Waals surface area contributed by atoms with Gasteiger partial charge in [0.15, 0.2) is 0 Å². The SMILES string of the molecule is CCCCOC(=O)C1CC(C)(C(C)C)C23OC2(O3)C1C(C)C. The largest absolute Gasteiger partial charge is 0.465 e. The maximum atomic E-state index is 12.7. The van der Waals surface area contributed by atoms with Crippen molar-refractivity contribution in [3.8, 4) is 0 Å². The first-order valence-electron chi connectivity index (χ1n) is 8.82. The smallest absolute Gasteiger partial charge is 0.309 e. The second-order valence-electron chi connectivity index (χ2n) is 8.16. The predicted molar refractivity (Wildman–Crippen MR) is 82.9 cm³/mol. The summed E-state index contributed by atoms with van der Waals surface area (Å²) in [5, 5.41) is 0. The van der Waals surface area contributed by atoms with Gasteiger partial charge >= 0.3 is 5.97 Å². The molecule has 1 saturated carbocycles.